The molecule has 1 aromatic heterocycles. The second-order valence-electron chi connectivity index (χ2n) is 4.58. The lowest BCUT2D eigenvalue weighted by Crippen LogP contribution is -2.41. The highest BCUT2D eigenvalue weighted by Gasteiger charge is 2.44. The van der Waals surface area contributed by atoms with Crippen molar-refractivity contribution < 1.29 is 23.9 Å². The van der Waals surface area contributed by atoms with E-state index in [9.17, 15) is 19.6 Å². The summed E-state index contributed by atoms with van der Waals surface area (Å²) < 4.78 is 4.81. The Morgan fingerprint density at radius 3 is 2.18 bits per heavy atom. The number of nitrogens with zero attached hydrogens (tertiary/aromatic N) is 2. The number of benzene rings is 1. The van der Waals surface area contributed by atoms with Gasteiger partial charge in [0.2, 0.25) is 0 Å². The van der Waals surface area contributed by atoms with E-state index in [0.29, 0.717) is 4.73 Å². The van der Waals surface area contributed by atoms with Crippen LogP contribution in [0.5, 0.6) is 0 Å². The first-order chi connectivity index (χ1) is 10.5. The van der Waals surface area contributed by atoms with Crippen LogP contribution in [-0.2, 0) is 4.74 Å². The third kappa shape index (κ3) is 1.91. The highest BCUT2D eigenvalue weighted by Crippen LogP contribution is 2.26. The number of fused-ring (bicyclic) bond motifs is 1. The number of esters is 1. The Balaban J connectivity index is 2.05. The lowest BCUT2D eigenvalue weighted by molar-refractivity contribution is -0.591. The van der Waals surface area contributed by atoms with Crippen LogP contribution in [0.1, 0.15) is 31.1 Å². The van der Waals surface area contributed by atoms with Crippen molar-refractivity contribution in [2.45, 2.75) is 0 Å². The number of carbonyl (C=O) groups excluding carboxylic acids is 3. The van der Waals surface area contributed by atoms with Gasteiger partial charge in [0, 0.05) is 6.07 Å². The fourth-order valence-electron chi connectivity index (χ4n) is 2.28. The van der Waals surface area contributed by atoms with Crippen LogP contribution < -0.4 is 9.63 Å². The molecule has 0 aliphatic carbocycles. The molecule has 110 valence electrons. The summed E-state index contributed by atoms with van der Waals surface area (Å²) in [5.41, 5.74) is 0.506. The maximum atomic E-state index is 12.3. The Labute approximate surface area is 124 Å². The maximum Gasteiger partial charge on any atom is 0.349 e. The monoisotopic (exact) mass is 298 g/mol. The first-order valence-corrected chi connectivity index (χ1v) is 6.34. The molecular weight excluding hydrogens is 288 g/mol. The van der Waals surface area contributed by atoms with Crippen LogP contribution in [0, 0.1) is 5.21 Å². The number of aromatic nitrogens is 1. The van der Waals surface area contributed by atoms with Gasteiger partial charge in [0.15, 0.2) is 0 Å². The predicted molar refractivity (Wildman–Crippen MR) is 74.3 cm³/mol. The van der Waals surface area contributed by atoms with Crippen molar-refractivity contribution >= 4 is 23.6 Å². The molecular formula is C15H10N2O5. The van der Waals surface area contributed by atoms with Crippen LogP contribution in [0.2, 0.25) is 0 Å². The molecule has 7 heteroatoms. The number of pyridine rings is 1. The molecule has 0 saturated carbocycles. The Kier molecular flexibility index (Phi) is 3.10. The molecule has 1 aromatic carbocycles. The Morgan fingerprint density at radius 2 is 1.68 bits per heavy atom. The highest BCUT2D eigenvalue weighted by molar-refractivity contribution is 6.33. The fraction of sp³-hybridized carbons (Fsp3) is 0.0667. The summed E-state index contributed by atoms with van der Waals surface area (Å²) >= 11 is 0. The summed E-state index contributed by atoms with van der Waals surface area (Å²) in [5.74, 6) is -2.00. The Morgan fingerprint density at radius 1 is 1.09 bits per heavy atom. The van der Waals surface area contributed by atoms with Gasteiger partial charge < -0.3 is 9.94 Å². The molecule has 2 amide bonds. The van der Waals surface area contributed by atoms with E-state index in [-0.39, 0.29) is 22.5 Å². The number of hydrogen-bond acceptors (Lipinski definition) is 5. The van der Waals surface area contributed by atoms with Crippen molar-refractivity contribution in [3.8, 4) is 0 Å². The number of anilines is 1. The van der Waals surface area contributed by atoms with E-state index in [1.807, 2.05) is 0 Å². The smallest absolute Gasteiger partial charge is 0.349 e. The van der Waals surface area contributed by atoms with Crippen LogP contribution >= 0.6 is 0 Å². The molecule has 0 N–H and O–H groups in total. The largest absolute Gasteiger partial charge is 0.711 e. The van der Waals surface area contributed by atoms with Gasteiger partial charge in [0.25, 0.3) is 5.82 Å². The molecule has 0 atom stereocenters. The first-order valence-electron chi connectivity index (χ1n) is 6.34. The van der Waals surface area contributed by atoms with Gasteiger partial charge in [0.1, 0.15) is 6.20 Å². The molecule has 0 spiro atoms. The number of amides is 2. The summed E-state index contributed by atoms with van der Waals surface area (Å²) in [7, 11) is 1.19. The van der Waals surface area contributed by atoms with Gasteiger partial charge in [-0.25, -0.2) is 19.1 Å². The van der Waals surface area contributed by atoms with Crippen molar-refractivity contribution in [3.63, 3.8) is 0 Å². The van der Waals surface area contributed by atoms with Gasteiger partial charge in [-0.05, 0) is 18.2 Å². The molecule has 2 aromatic rings. The molecule has 3 rings (SSSR count). The number of ether oxygens (including phenoxy) is 1. The number of rotatable bonds is 2. The average Bonchev–Trinajstić information content (AvgIpc) is 2.79. The van der Waals surface area contributed by atoms with Crippen molar-refractivity contribution in [1.29, 1.82) is 0 Å². The number of imide groups is 1. The van der Waals surface area contributed by atoms with Crippen molar-refractivity contribution in [3.05, 3.63) is 64.5 Å². The highest BCUT2D eigenvalue weighted by atomic mass is 16.5. The number of methoxy groups -OCH3 is 1. The molecule has 1 aliphatic heterocycles. The van der Waals surface area contributed by atoms with Crippen molar-refractivity contribution in [2.24, 2.45) is 0 Å². The zero-order chi connectivity index (χ0) is 15.9. The first kappa shape index (κ1) is 13.7. The normalized spacial score (nSPS) is 13.2. The van der Waals surface area contributed by atoms with Crippen LogP contribution in [-0.4, -0.2) is 24.9 Å². The van der Waals surface area contributed by atoms with Crippen molar-refractivity contribution in [2.75, 3.05) is 12.0 Å². The van der Waals surface area contributed by atoms with Gasteiger partial charge >= 0.3 is 17.8 Å². The number of hydrogen-bond donors (Lipinski definition) is 0. The summed E-state index contributed by atoms with van der Waals surface area (Å²) in [4.78, 5) is 36.8. The van der Waals surface area contributed by atoms with Gasteiger partial charge in [-0.1, -0.05) is 12.1 Å². The molecule has 0 saturated heterocycles. The standard InChI is InChI=1S/C15H10N2O5/c1-22-15(20)9-6-7-12(16(21)8-9)17-13(18)10-4-2-3-5-11(10)14(17)19/h2-8H,1H3. The molecule has 0 radical (unpaired) electrons. The third-order valence-corrected chi connectivity index (χ3v) is 3.34. The summed E-state index contributed by atoms with van der Waals surface area (Å²) in [5, 5.41) is 12.1. The topological polar surface area (TPSA) is 90.6 Å². The zero-order valence-electron chi connectivity index (χ0n) is 11.5. The molecule has 7 nitrogen and oxygen atoms in total. The molecule has 22 heavy (non-hydrogen) atoms. The second-order valence-corrected chi connectivity index (χ2v) is 4.58. The molecule has 2 heterocycles. The van der Waals surface area contributed by atoms with E-state index in [0.717, 1.165) is 11.1 Å². The van der Waals surface area contributed by atoms with Gasteiger partial charge in [0.05, 0.1) is 23.8 Å². The van der Waals surface area contributed by atoms with E-state index in [1.54, 1.807) is 12.1 Å². The minimum absolute atomic E-state index is 0.0258. The van der Waals surface area contributed by atoms with Gasteiger partial charge in [-0.15, -0.1) is 4.90 Å². The minimum atomic E-state index is -0.682. The molecule has 0 bridgehead atoms. The average molecular weight is 298 g/mol. The lowest BCUT2D eigenvalue weighted by atomic mass is 10.1. The number of carbonyl (C=O) groups is 3. The van der Waals surface area contributed by atoms with Gasteiger partial charge in [-0.2, -0.15) is 0 Å². The quantitative estimate of drug-likeness (QED) is 0.356. The van der Waals surface area contributed by atoms with Gasteiger partial charge in [-0.3, -0.25) is 0 Å². The maximum absolute atomic E-state index is 12.3. The van der Waals surface area contributed by atoms with Crippen LogP contribution in [0.4, 0.5) is 5.82 Å². The SMILES string of the molecule is COC(=O)c1ccc(N2C(=O)c3ccccc3C2=O)[n+]([O-])c1. The molecule has 0 unspecified atom stereocenters. The van der Waals surface area contributed by atoms with Crippen LogP contribution in [0.3, 0.4) is 0 Å². The predicted octanol–water partition coefficient (Wildman–Crippen LogP) is 0.907. The van der Waals surface area contributed by atoms with E-state index in [1.165, 1.54) is 31.4 Å². The second kappa shape index (κ2) is 4.96. The molecule has 0 fully saturated rings. The Hall–Kier alpha value is -3.22. The van der Waals surface area contributed by atoms with E-state index < -0.39 is 17.8 Å². The zero-order valence-corrected chi connectivity index (χ0v) is 11.5. The minimum Gasteiger partial charge on any atom is -0.711 e. The third-order valence-electron chi connectivity index (χ3n) is 3.34. The van der Waals surface area contributed by atoms with E-state index in [4.69, 9.17) is 0 Å². The summed E-state index contributed by atoms with van der Waals surface area (Å²) in [6.45, 7) is 0. The lowest BCUT2D eigenvalue weighted by Gasteiger charge is -2.13. The molecule has 1 aliphatic rings. The summed E-state index contributed by atoms with van der Waals surface area (Å²) in [6, 6.07) is 8.87. The summed E-state index contributed by atoms with van der Waals surface area (Å²) in [6.07, 6.45) is 0.963. The van der Waals surface area contributed by atoms with Crippen LogP contribution in [0.15, 0.2) is 42.6 Å². The van der Waals surface area contributed by atoms with Crippen LogP contribution in [0.25, 0.3) is 0 Å². The Bertz CT molecular complexity index is 780. The van der Waals surface area contributed by atoms with E-state index >= 15 is 0 Å². The van der Waals surface area contributed by atoms with E-state index in [2.05, 4.69) is 4.74 Å². The van der Waals surface area contributed by atoms with Crippen molar-refractivity contribution in [1.82, 2.24) is 0 Å². The fourth-order valence-corrected chi connectivity index (χ4v) is 2.28.